The van der Waals surface area contributed by atoms with Crippen LogP contribution in [0.3, 0.4) is 0 Å². The summed E-state index contributed by atoms with van der Waals surface area (Å²) < 4.78 is 12.2. The summed E-state index contributed by atoms with van der Waals surface area (Å²) in [6, 6.07) is 5.66. The minimum absolute atomic E-state index is 0.191. The monoisotopic (exact) mass is 300 g/mol. The third-order valence-corrected chi connectivity index (χ3v) is 3.37. The standard InChI is InChI=1S/C13H17BrO3/c1-9(15)12-5-4-10(14)7-13(12)17-8-11-3-2-6-16-11/h4-5,7,9,11,15H,2-3,6,8H2,1H3. The first-order chi connectivity index (χ1) is 8.16. The second kappa shape index (κ2) is 5.85. The average Bonchev–Trinajstić information content (AvgIpc) is 2.78. The molecule has 1 N–H and O–H groups in total. The minimum Gasteiger partial charge on any atom is -0.490 e. The first-order valence-corrected chi connectivity index (χ1v) is 6.68. The van der Waals surface area contributed by atoms with E-state index in [1.165, 1.54) is 0 Å². The molecule has 0 saturated carbocycles. The zero-order valence-electron chi connectivity index (χ0n) is 9.86. The van der Waals surface area contributed by atoms with Crippen molar-refractivity contribution in [3.05, 3.63) is 28.2 Å². The molecule has 0 bridgehead atoms. The van der Waals surface area contributed by atoms with Gasteiger partial charge < -0.3 is 14.6 Å². The maximum absolute atomic E-state index is 9.66. The van der Waals surface area contributed by atoms with Crippen LogP contribution >= 0.6 is 15.9 Å². The molecule has 1 aliphatic rings. The SMILES string of the molecule is CC(O)c1ccc(Br)cc1OCC1CCCO1. The Labute approximate surface area is 110 Å². The molecule has 1 saturated heterocycles. The van der Waals surface area contributed by atoms with Crippen molar-refractivity contribution in [2.24, 2.45) is 0 Å². The van der Waals surface area contributed by atoms with Gasteiger partial charge in [0.05, 0.1) is 12.2 Å². The molecule has 0 radical (unpaired) electrons. The van der Waals surface area contributed by atoms with Crippen molar-refractivity contribution in [3.63, 3.8) is 0 Å². The van der Waals surface area contributed by atoms with Gasteiger partial charge >= 0.3 is 0 Å². The summed E-state index contributed by atoms with van der Waals surface area (Å²) in [5.41, 5.74) is 0.811. The molecule has 0 aliphatic carbocycles. The molecule has 0 amide bonds. The summed E-state index contributed by atoms with van der Waals surface area (Å²) >= 11 is 3.41. The smallest absolute Gasteiger partial charge is 0.126 e. The molecule has 1 aromatic carbocycles. The van der Waals surface area contributed by atoms with Gasteiger partial charge in [-0.1, -0.05) is 22.0 Å². The molecule has 1 aliphatic heterocycles. The van der Waals surface area contributed by atoms with Crippen LogP contribution in [0.25, 0.3) is 0 Å². The van der Waals surface area contributed by atoms with Gasteiger partial charge in [-0.05, 0) is 31.9 Å². The van der Waals surface area contributed by atoms with Gasteiger partial charge in [0.15, 0.2) is 0 Å². The molecule has 0 spiro atoms. The van der Waals surface area contributed by atoms with E-state index < -0.39 is 6.10 Å². The molecule has 1 heterocycles. The van der Waals surface area contributed by atoms with Crippen molar-refractivity contribution in [1.29, 1.82) is 0 Å². The Morgan fingerprint density at radius 3 is 3.06 bits per heavy atom. The number of ether oxygens (including phenoxy) is 2. The Morgan fingerprint density at radius 1 is 1.59 bits per heavy atom. The number of benzene rings is 1. The maximum atomic E-state index is 9.66. The first kappa shape index (κ1) is 12.9. The van der Waals surface area contributed by atoms with Gasteiger partial charge in [0, 0.05) is 16.6 Å². The fourth-order valence-electron chi connectivity index (χ4n) is 1.94. The average molecular weight is 301 g/mol. The van der Waals surface area contributed by atoms with Gasteiger partial charge in [-0.15, -0.1) is 0 Å². The fourth-order valence-corrected chi connectivity index (χ4v) is 2.28. The lowest BCUT2D eigenvalue weighted by atomic mass is 10.1. The van der Waals surface area contributed by atoms with E-state index in [0.29, 0.717) is 6.61 Å². The van der Waals surface area contributed by atoms with E-state index in [4.69, 9.17) is 9.47 Å². The number of aliphatic hydroxyl groups is 1. The molecule has 2 rings (SSSR count). The van der Waals surface area contributed by atoms with Crippen LogP contribution in [0.1, 0.15) is 31.4 Å². The Bertz CT molecular complexity index is 373. The lowest BCUT2D eigenvalue weighted by Crippen LogP contribution is -2.17. The van der Waals surface area contributed by atoms with Gasteiger partial charge in [0.25, 0.3) is 0 Å². The summed E-state index contributed by atoms with van der Waals surface area (Å²) in [6.45, 7) is 3.12. The molecule has 17 heavy (non-hydrogen) atoms. The van der Waals surface area contributed by atoms with Crippen molar-refractivity contribution < 1.29 is 14.6 Å². The number of rotatable bonds is 4. The second-order valence-electron chi connectivity index (χ2n) is 4.30. The van der Waals surface area contributed by atoms with E-state index in [1.54, 1.807) is 6.92 Å². The van der Waals surface area contributed by atoms with Crippen LogP contribution in [0.15, 0.2) is 22.7 Å². The number of halogens is 1. The van der Waals surface area contributed by atoms with Crippen LogP contribution in [0, 0.1) is 0 Å². The van der Waals surface area contributed by atoms with Gasteiger partial charge in [-0.25, -0.2) is 0 Å². The van der Waals surface area contributed by atoms with E-state index >= 15 is 0 Å². The number of hydrogen-bond acceptors (Lipinski definition) is 3. The summed E-state index contributed by atoms with van der Waals surface area (Å²) in [5, 5.41) is 9.66. The molecule has 4 heteroatoms. The van der Waals surface area contributed by atoms with Crippen LogP contribution in [0.2, 0.25) is 0 Å². The predicted molar refractivity (Wildman–Crippen MR) is 69.2 cm³/mol. The quantitative estimate of drug-likeness (QED) is 0.929. The van der Waals surface area contributed by atoms with Crippen molar-refractivity contribution in [2.45, 2.75) is 32.0 Å². The van der Waals surface area contributed by atoms with E-state index in [9.17, 15) is 5.11 Å². The van der Waals surface area contributed by atoms with Crippen LogP contribution in [-0.4, -0.2) is 24.4 Å². The Kier molecular flexibility index (Phi) is 4.42. The molecule has 2 unspecified atom stereocenters. The molecule has 3 nitrogen and oxygen atoms in total. The van der Waals surface area contributed by atoms with Crippen molar-refractivity contribution in [2.75, 3.05) is 13.2 Å². The highest BCUT2D eigenvalue weighted by Gasteiger charge is 2.17. The normalized spacial score (nSPS) is 21.5. The topological polar surface area (TPSA) is 38.7 Å². The molecule has 94 valence electrons. The van der Waals surface area contributed by atoms with Gasteiger partial charge in [-0.3, -0.25) is 0 Å². The highest BCUT2D eigenvalue weighted by molar-refractivity contribution is 9.10. The lowest BCUT2D eigenvalue weighted by molar-refractivity contribution is 0.0664. The van der Waals surface area contributed by atoms with Crippen LogP contribution in [0.5, 0.6) is 5.75 Å². The Morgan fingerprint density at radius 2 is 2.41 bits per heavy atom. The lowest BCUT2D eigenvalue weighted by Gasteiger charge is -2.16. The van der Waals surface area contributed by atoms with Gasteiger partial charge in [0.1, 0.15) is 12.4 Å². The second-order valence-corrected chi connectivity index (χ2v) is 5.22. The van der Waals surface area contributed by atoms with Gasteiger partial charge in [-0.2, -0.15) is 0 Å². The molecular weight excluding hydrogens is 284 g/mol. The van der Waals surface area contributed by atoms with E-state index in [-0.39, 0.29) is 6.10 Å². The number of aliphatic hydroxyl groups excluding tert-OH is 1. The highest BCUT2D eigenvalue weighted by Crippen LogP contribution is 2.29. The zero-order chi connectivity index (χ0) is 12.3. The predicted octanol–water partition coefficient (Wildman–Crippen LogP) is 3.06. The summed E-state index contributed by atoms with van der Waals surface area (Å²) in [6.07, 6.45) is 1.83. The maximum Gasteiger partial charge on any atom is 0.126 e. The van der Waals surface area contributed by atoms with Gasteiger partial charge in [0.2, 0.25) is 0 Å². The molecule has 1 fully saturated rings. The third-order valence-electron chi connectivity index (χ3n) is 2.87. The largest absolute Gasteiger partial charge is 0.490 e. The first-order valence-electron chi connectivity index (χ1n) is 5.88. The Balaban J connectivity index is 2.04. The molecule has 2 atom stereocenters. The third kappa shape index (κ3) is 3.44. The summed E-state index contributed by atoms with van der Waals surface area (Å²) in [7, 11) is 0. The number of hydrogen-bond donors (Lipinski definition) is 1. The fraction of sp³-hybridized carbons (Fsp3) is 0.538. The van der Waals surface area contributed by atoms with Crippen molar-refractivity contribution in [3.8, 4) is 5.75 Å². The van der Waals surface area contributed by atoms with Crippen LogP contribution in [-0.2, 0) is 4.74 Å². The molecule has 0 aromatic heterocycles. The van der Waals surface area contributed by atoms with Crippen LogP contribution in [0.4, 0.5) is 0 Å². The van der Waals surface area contributed by atoms with E-state index in [0.717, 1.165) is 35.2 Å². The highest BCUT2D eigenvalue weighted by atomic mass is 79.9. The molecular formula is C13H17BrO3. The molecule has 1 aromatic rings. The van der Waals surface area contributed by atoms with Crippen LogP contribution < -0.4 is 4.74 Å². The Hall–Kier alpha value is -0.580. The zero-order valence-corrected chi connectivity index (χ0v) is 11.4. The summed E-state index contributed by atoms with van der Waals surface area (Å²) in [4.78, 5) is 0. The van der Waals surface area contributed by atoms with E-state index in [1.807, 2.05) is 18.2 Å². The minimum atomic E-state index is -0.525. The van der Waals surface area contributed by atoms with Crippen molar-refractivity contribution in [1.82, 2.24) is 0 Å². The van der Waals surface area contributed by atoms with Crippen molar-refractivity contribution >= 4 is 15.9 Å². The van der Waals surface area contributed by atoms with E-state index in [2.05, 4.69) is 15.9 Å². The summed E-state index contributed by atoms with van der Waals surface area (Å²) in [5.74, 6) is 0.727.